The van der Waals surface area contributed by atoms with Crippen molar-refractivity contribution >= 4 is 51.9 Å². The van der Waals surface area contributed by atoms with Crippen LogP contribution >= 0.6 is 34.7 Å². The van der Waals surface area contributed by atoms with E-state index in [1.165, 1.54) is 18.4 Å². The highest BCUT2D eigenvalue weighted by molar-refractivity contribution is 8.18. The molecule has 0 radical (unpaired) electrons. The van der Waals surface area contributed by atoms with Gasteiger partial charge in [-0.25, -0.2) is 0 Å². The van der Waals surface area contributed by atoms with Gasteiger partial charge in [0, 0.05) is 16.9 Å². The molecule has 3 nitrogen and oxygen atoms in total. The first kappa shape index (κ1) is 14.4. The lowest BCUT2D eigenvalue weighted by molar-refractivity contribution is -0.121. The molecule has 0 atom stereocenters. The average molecular weight is 336 g/mol. The summed E-state index contributed by atoms with van der Waals surface area (Å²) in [6, 6.07) is 9.59. The van der Waals surface area contributed by atoms with Gasteiger partial charge in [0.15, 0.2) is 0 Å². The van der Waals surface area contributed by atoms with Crippen LogP contribution in [0.5, 0.6) is 0 Å². The van der Waals surface area contributed by atoms with E-state index in [4.69, 9.17) is 11.6 Å². The predicted octanol–water partition coefficient (Wildman–Crippen LogP) is 4.73. The van der Waals surface area contributed by atoms with Gasteiger partial charge in [0.1, 0.15) is 0 Å². The summed E-state index contributed by atoms with van der Waals surface area (Å²) in [4.78, 5) is 25.8. The molecule has 1 saturated heterocycles. The van der Waals surface area contributed by atoms with Crippen LogP contribution in [0.4, 0.5) is 4.79 Å². The highest BCUT2D eigenvalue weighted by Gasteiger charge is 2.31. The van der Waals surface area contributed by atoms with Crippen LogP contribution in [-0.4, -0.2) is 23.1 Å². The summed E-state index contributed by atoms with van der Waals surface area (Å²) in [6.07, 6.45) is 1.76. The zero-order chi connectivity index (χ0) is 15.0. The molecule has 21 heavy (non-hydrogen) atoms. The summed E-state index contributed by atoms with van der Waals surface area (Å²) in [5, 5.41) is 2.48. The van der Waals surface area contributed by atoms with E-state index in [0.717, 1.165) is 32.7 Å². The normalized spacial score (nSPS) is 17.0. The van der Waals surface area contributed by atoms with E-state index in [0.29, 0.717) is 9.93 Å². The molecule has 3 rings (SSSR count). The molecule has 2 amide bonds. The largest absolute Gasteiger partial charge is 0.293 e. The fourth-order valence-corrected chi connectivity index (χ4v) is 3.76. The molecule has 1 aliphatic heterocycles. The first-order chi connectivity index (χ1) is 10.0. The number of likely N-dealkylation sites (N-methyl/N-ethyl adjacent to an activating group) is 1. The van der Waals surface area contributed by atoms with Gasteiger partial charge in [-0.3, -0.25) is 14.5 Å². The van der Waals surface area contributed by atoms with Gasteiger partial charge in [0.2, 0.25) is 0 Å². The van der Waals surface area contributed by atoms with E-state index in [1.807, 2.05) is 35.7 Å². The van der Waals surface area contributed by atoms with Crippen LogP contribution in [-0.2, 0) is 4.79 Å². The molecule has 0 spiro atoms. The van der Waals surface area contributed by atoms with Crippen LogP contribution in [0.1, 0.15) is 4.88 Å². The van der Waals surface area contributed by atoms with Gasteiger partial charge in [-0.1, -0.05) is 23.7 Å². The monoisotopic (exact) mass is 335 g/mol. The summed E-state index contributed by atoms with van der Waals surface area (Å²) in [5.41, 5.74) is 2.14. The molecule has 106 valence electrons. The number of benzene rings is 1. The van der Waals surface area contributed by atoms with Crippen molar-refractivity contribution in [2.24, 2.45) is 0 Å². The van der Waals surface area contributed by atoms with Crippen LogP contribution in [0, 0.1) is 0 Å². The lowest BCUT2D eigenvalue weighted by Gasteiger charge is -2.00. The summed E-state index contributed by atoms with van der Waals surface area (Å²) in [5.74, 6) is -0.244. The fraction of sp³-hybridized carbons (Fsp3) is 0.0667. The van der Waals surface area contributed by atoms with Gasteiger partial charge in [-0.2, -0.15) is 0 Å². The maximum atomic E-state index is 11.8. The molecule has 1 fully saturated rings. The van der Waals surface area contributed by atoms with Gasteiger partial charge in [0.25, 0.3) is 11.1 Å². The molecule has 1 aromatic carbocycles. The van der Waals surface area contributed by atoms with Crippen molar-refractivity contribution in [1.29, 1.82) is 0 Å². The van der Waals surface area contributed by atoms with E-state index in [1.54, 1.807) is 6.08 Å². The number of thioether (sulfide) groups is 1. The van der Waals surface area contributed by atoms with Crippen molar-refractivity contribution in [3.63, 3.8) is 0 Å². The van der Waals surface area contributed by atoms with E-state index in [9.17, 15) is 9.59 Å². The molecule has 0 aliphatic carbocycles. The van der Waals surface area contributed by atoms with Crippen LogP contribution in [0.3, 0.4) is 0 Å². The van der Waals surface area contributed by atoms with Crippen molar-refractivity contribution in [1.82, 2.24) is 4.90 Å². The number of carbonyl (C=O) groups is 2. The standard InChI is InChI=1S/C15H10ClNO2S2/c1-17-14(18)13(21-15(17)19)7-12-6-10(8-20-12)9-2-4-11(16)5-3-9/h2-8H,1H3. The average Bonchev–Trinajstić information content (AvgIpc) is 3.02. The Hall–Kier alpha value is -1.56. The molecule has 2 heterocycles. The van der Waals surface area contributed by atoms with Crippen LogP contribution in [0.25, 0.3) is 17.2 Å². The van der Waals surface area contributed by atoms with Crippen molar-refractivity contribution in [3.8, 4) is 11.1 Å². The SMILES string of the molecule is CN1C(=O)SC(=Cc2cc(-c3ccc(Cl)cc3)cs2)C1=O. The van der Waals surface area contributed by atoms with Gasteiger partial charge in [-0.05, 0) is 52.5 Å². The number of nitrogens with zero attached hydrogens (tertiary/aromatic N) is 1. The minimum Gasteiger partial charge on any atom is -0.272 e. The number of halogens is 1. The topological polar surface area (TPSA) is 37.4 Å². The lowest BCUT2D eigenvalue weighted by atomic mass is 10.1. The van der Waals surface area contributed by atoms with Crippen molar-refractivity contribution in [2.45, 2.75) is 0 Å². The second kappa shape index (κ2) is 5.67. The molecule has 1 aromatic heterocycles. The Bertz CT molecular complexity index is 749. The predicted molar refractivity (Wildman–Crippen MR) is 88.5 cm³/mol. The van der Waals surface area contributed by atoms with Crippen LogP contribution in [0.15, 0.2) is 40.6 Å². The van der Waals surface area contributed by atoms with Crippen LogP contribution in [0.2, 0.25) is 5.02 Å². The minimum absolute atomic E-state index is 0.235. The summed E-state index contributed by atoms with van der Waals surface area (Å²) in [6.45, 7) is 0. The number of amides is 2. The highest BCUT2D eigenvalue weighted by Crippen LogP contribution is 2.34. The minimum atomic E-state index is -0.244. The quantitative estimate of drug-likeness (QED) is 0.744. The molecular formula is C15H10ClNO2S2. The number of hydrogen-bond acceptors (Lipinski definition) is 4. The molecule has 0 saturated carbocycles. The van der Waals surface area contributed by atoms with Crippen molar-refractivity contribution in [2.75, 3.05) is 7.05 Å². The third kappa shape index (κ3) is 2.90. The maximum absolute atomic E-state index is 11.8. The second-order valence-electron chi connectivity index (χ2n) is 4.49. The van der Waals surface area contributed by atoms with Gasteiger partial charge in [0.05, 0.1) is 4.91 Å². The Balaban J connectivity index is 1.87. The Morgan fingerprint density at radius 1 is 1.14 bits per heavy atom. The van der Waals surface area contributed by atoms with E-state index in [-0.39, 0.29) is 11.1 Å². The van der Waals surface area contributed by atoms with E-state index in [2.05, 4.69) is 0 Å². The Labute approximate surface area is 135 Å². The summed E-state index contributed by atoms with van der Waals surface area (Å²) < 4.78 is 0. The number of imide groups is 1. The van der Waals surface area contributed by atoms with Crippen molar-refractivity contribution in [3.05, 3.63) is 50.5 Å². The Morgan fingerprint density at radius 2 is 1.86 bits per heavy atom. The molecule has 2 aromatic rings. The Morgan fingerprint density at radius 3 is 2.48 bits per heavy atom. The first-order valence-corrected chi connectivity index (χ1v) is 8.18. The summed E-state index contributed by atoms with van der Waals surface area (Å²) in [7, 11) is 1.49. The number of rotatable bonds is 2. The molecule has 0 N–H and O–H groups in total. The second-order valence-corrected chi connectivity index (χ2v) is 6.86. The highest BCUT2D eigenvalue weighted by atomic mass is 35.5. The number of hydrogen-bond donors (Lipinski definition) is 0. The molecule has 0 bridgehead atoms. The zero-order valence-corrected chi connectivity index (χ0v) is 13.4. The summed E-state index contributed by atoms with van der Waals surface area (Å²) >= 11 is 8.38. The van der Waals surface area contributed by atoms with E-state index >= 15 is 0 Å². The van der Waals surface area contributed by atoms with Crippen molar-refractivity contribution < 1.29 is 9.59 Å². The number of carbonyl (C=O) groups excluding carboxylic acids is 2. The number of thiophene rings is 1. The van der Waals surface area contributed by atoms with Gasteiger partial charge in [-0.15, -0.1) is 11.3 Å². The van der Waals surface area contributed by atoms with Gasteiger partial charge >= 0.3 is 0 Å². The Kier molecular flexibility index (Phi) is 3.89. The lowest BCUT2D eigenvalue weighted by Crippen LogP contribution is -2.22. The zero-order valence-electron chi connectivity index (χ0n) is 11.0. The first-order valence-electron chi connectivity index (χ1n) is 6.10. The molecular weight excluding hydrogens is 326 g/mol. The fourth-order valence-electron chi connectivity index (χ4n) is 1.90. The molecule has 1 aliphatic rings. The molecule has 0 unspecified atom stereocenters. The third-order valence-corrected chi connectivity index (χ3v) is 5.15. The van der Waals surface area contributed by atoms with E-state index < -0.39 is 0 Å². The smallest absolute Gasteiger partial charge is 0.272 e. The third-order valence-electron chi connectivity index (χ3n) is 3.06. The molecule has 6 heteroatoms. The van der Waals surface area contributed by atoms with Gasteiger partial charge < -0.3 is 0 Å². The maximum Gasteiger partial charge on any atom is 0.293 e. The van der Waals surface area contributed by atoms with Crippen LogP contribution < -0.4 is 0 Å².